The molecule has 88 valence electrons. The van der Waals surface area contributed by atoms with Crippen LogP contribution < -0.4 is 11.1 Å². The molecule has 0 spiro atoms. The minimum Gasteiger partial charge on any atom is -0.381 e. The van der Waals surface area contributed by atoms with Crippen molar-refractivity contribution in [1.82, 2.24) is 15.2 Å². The maximum atomic E-state index is 13.3. The minimum absolute atomic E-state index is 0.116. The number of pyridine rings is 1. The number of hydrogen-bond donors (Lipinski definition) is 2. The highest BCUT2D eigenvalue weighted by atomic mass is 19.1. The van der Waals surface area contributed by atoms with Gasteiger partial charge in [-0.15, -0.1) is 0 Å². The van der Waals surface area contributed by atoms with Gasteiger partial charge >= 0.3 is 0 Å². The van der Waals surface area contributed by atoms with Gasteiger partial charge in [-0.25, -0.2) is 13.8 Å². The van der Waals surface area contributed by atoms with Crippen LogP contribution in [0.3, 0.4) is 0 Å². The second-order valence-corrected chi connectivity index (χ2v) is 3.25. The number of halogens is 2. The first-order valence-electron chi connectivity index (χ1n) is 4.79. The Kier molecular flexibility index (Phi) is 3.08. The molecule has 0 aliphatic heterocycles. The van der Waals surface area contributed by atoms with E-state index in [4.69, 9.17) is 5.73 Å². The molecule has 0 saturated carbocycles. The second kappa shape index (κ2) is 4.69. The molecule has 0 saturated heterocycles. The van der Waals surface area contributed by atoms with Gasteiger partial charge in [0.1, 0.15) is 0 Å². The molecule has 0 radical (unpaired) electrons. The molecule has 3 N–H and O–H groups in total. The van der Waals surface area contributed by atoms with Crippen molar-refractivity contribution in [3.05, 3.63) is 41.7 Å². The third kappa shape index (κ3) is 2.63. The Hall–Kier alpha value is -2.31. The van der Waals surface area contributed by atoms with Crippen molar-refractivity contribution in [3.63, 3.8) is 0 Å². The molecule has 0 bridgehead atoms. The van der Waals surface area contributed by atoms with Crippen molar-refractivity contribution in [1.29, 1.82) is 0 Å². The summed E-state index contributed by atoms with van der Waals surface area (Å²) in [5.41, 5.74) is 5.85. The summed E-state index contributed by atoms with van der Waals surface area (Å²) in [5, 5.41) is 10.1. The first kappa shape index (κ1) is 11.2. The van der Waals surface area contributed by atoms with Gasteiger partial charge in [0.15, 0.2) is 23.3 Å². The molecule has 0 aliphatic rings. The van der Waals surface area contributed by atoms with Crippen molar-refractivity contribution in [2.75, 3.05) is 11.1 Å². The molecule has 0 atom stereocenters. The van der Waals surface area contributed by atoms with Crippen LogP contribution in [0.2, 0.25) is 0 Å². The van der Waals surface area contributed by atoms with E-state index in [2.05, 4.69) is 20.5 Å². The average molecular weight is 237 g/mol. The summed E-state index contributed by atoms with van der Waals surface area (Å²) >= 11 is 0. The van der Waals surface area contributed by atoms with E-state index in [1.165, 1.54) is 6.20 Å². The Balaban J connectivity index is 2.12. The zero-order chi connectivity index (χ0) is 12.3. The molecule has 2 rings (SSSR count). The summed E-state index contributed by atoms with van der Waals surface area (Å²) in [6.07, 6.45) is 1.53. The summed E-state index contributed by atoms with van der Waals surface area (Å²) in [7, 11) is 0. The van der Waals surface area contributed by atoms with Crippen molar-refractivity contribution < 1.29 is 8.78 Å². The van der Waals surface area contributed by atoms with Crippen LogP contribution >= 0.6 is 0 Å². The fraction of sp³-hybridized carbons (Fsp3) is 0.100. The van der Waals surface area contributed by atoms with Crippen LogP contribution in [-0.4, -0.2) is 15.2 Å². The third-order valence-electron chi connectivity index (χ3n) is 2.02. The molecular formula is C10H9F2N5. The molecule has 0 amide bonds. The highest BCUT2D eigenvalue weighted by molar-refractivity contribution is 5.44. The Bertz CT molecular complexity index is 518. The van der Waals surface area contributed by atoms with E-state index in [0.29, 0.717) is 11.8 Å². The fourth-order valence-electron chi connectivity index (χ4n) is 1.21. The Morgan fingerprint density at radius 2 is 2.12 bits per heavy atom. The smallest absolute Gasteiger partial charge is 0.168 e. The van der Waals surface area contributed by atoms with E-state index >= 15 is 0 Å². The van der Waals surface area contributed by atoms with E-state index in [0.717, 1.165) is 0 Å². The molecule has 2 aromatic rings. The van der Waals surface area contributed by atoms with Gasteiger partial charge in [0.05, 0.1) is 12.2 Å². The molecule has 0 aromatic carbocycles. The first-order chi connectivity index (χ1) is 8.16. The quantitative estimate of drug-likeness (QED) is 0.842. The Morgan fingerprint density at radius 3 is 2.82 bits per heavy atom. The number of nitrogen functional groups attached to an aromatic ring is 1. The van der Waals surface area contributed by atoms with Gasteiger partial charge < -0.3 is 11.1 Å². The fourth-order valence-corrected chi connectivity index (χ4v) is 1.21. The number of anilines is 2. The van der Waals surface area contributed by atoms with E-state index in [9.17, 15) is 8.78 Å². The van der Waals surface area contributed by atoms with Crippen molar-refractivity contribution in [3.8, 4) is 0 Å². The SMILES string of the molecule is Nc1nc(NCc2cccnn2)c(F)cc1F. The maximum absolute atomic E-state index is 13.3. The van der Waals surface area contributed by atoms with Crippen LogP contribution in [-0.2, 0) is 6.54 Å². The van der Waals surface area contributed by atoms with Crippen LogP contribution in [0.1, 0.15) is 5.69 Å². The summed E-state index contributed by atoms with van der Waals surface area (Å²) in [6, 6.07) is 4.10. The Morgan fingerprint density at radius 1 is 1.29 bits per heavy atom. The summed E-state index contributed by atoms with van der Waals surface area (Å²) in [5.74, 6) is -2.16. The van der Waals surface area contributed by atoms with Gasteiger partial charge in [-0.3, -0.25) is 0 Å². The number of aromatic nitrogens is 3. The predicted molar refractivity (Wildman–Crippen MR) is 57.9 cm³/mol. The molecule has 0 fully saturated rings. The highest BCUT2D eigenvalue weighted by Crippen LogP contribution is 2.16. The van der Waals surface area contributed by atoms with Crippen LogP contribution in [0.15, 0.2) is 24.4 Å². The van der Waals surface area contributed by atoms with Gasteiger partial charge in [0.2, 0.25) is 0 Å². The van der Waals surface area contributed by atoms with Crippen LogP contribution in [0, 0.1) is 11.6 Å². The molecule has 17 heavy (non-hydrogen) atoms. The zero-order valence-electron chi connectivity index (χ0n) is 8.69. The zero-order valence-corrected chi connectivity index (χ0v) is 8.69. The normalized spacial score (nSPS) is 10.2. The van der Waals surface area contributed by atoms with Gasteiger partial charge in [-0.1, -0.05) is 0 Å². The number of nitrogens with two attached hydrogens (primary N) is 1. The predicted octanol–water partition coefficient (Wildman–Crippen LogP) is 1.34. The highest BCUT2D eigenvalue weighted by Gasteiger charge is 2.09. The molecule has 2 heterocycles. The topological polar surface area (TPSA) is 76.7 Å². The monoisotopic (exact) mass is 237 g/mol. The van der Waals surface area contributed by atoms with Gasteiger partial charge in [-0.05, 0) is 12.1 Å². The number of nitrogens with one attached hydrogen (secondary N) is 1. The molecule has 2 aromatic heterocycles. The molecule has 0 unspecified atom stereocenters. The van der Waals surface area contributed by atoms with Gasteiger partial charge in [-0.2, -0.15) is 10.2 Å². The van der Waals surface area contributed by atoms with Crippen LogP contribution in [0.25, 0.3) is 0 Å². The number of nitrogens with zero attached hydrogens (tertiary/aromatic N) is 3. The summed E-state index contributed by atoms with van der Waals surface area (Å²) in [6.45, 7) is 0.225. The van der Waals surface area contributed by atoms with Crippen molar-refractivity contribution >= 4 is 11.6 Å². The number of hydrogen-bond acceptors (Lipinski definition) is 5. The van der Waals surface area contributed by atoms with E-state index in [1.54, 1.807) is 12.1 Å². The lowest BCUT2D eigenvalue weighted by atomic mass is 10.3. The van der Waals surface area contributed by atoms with Crippen LogP contribution in [0.5, 0.6) is 0 Å². The summed E-state index contributed by atoms with van der Waals surface area (Å²) in [4.78, 5) is 3.56. The minimum atomic E-state index is -0.882. The molecule has 0 aliphatic carbocycles. The van der Waals surface area contributed by atoms with E-state index in [1.807, 2.05) is 0 Å². The second-order valence-electron chi connectivity index (χ2n) is 3.25. The van der Waals surface area contributed by atoms with E-state index < -0.39 is 11.6 Å². The van der Waals surface area contributed by atoms with E-state index in [-0.39, 0.29) is 18.2 Å². The lowest BCUT2D eigenvalue weighted by Gasteiger charge is -2.06. The van der Waals surface area contributed by atoms with Crippen LogP contribution in [0.4, 0.5) is 20.4 Å². The molecule has 7 heteroatoms. The number of rotatable bonds is 3. The van der Waals surface area contributed by atoms with Crippen molar-refractivity contribution in [2.24, 2.45) is 0 Å². The molecular weight excluding hydrogens is 228 g/mol. The van der Waals surface area contributed by atoms with Gasteiger partial charge in [0.25, 0.3) is 0 Å². The van der Waals surface area contributed by atoms with Gasteiger partial charge in [0, 0.05) is 12.3 Å². The molecule has 5 nitrogen and oxygen atoms in total. The lowest BCUT2D eigenvalue weighted by molar-refractivity contribution is 0.579. The first-order valence-corrected chi connectivity index (χ1v) is 4.79. The largest absolute Gasteiger partial charge is 0.381 e. The average Bonchev–Trinajstić information content (AvgIpc) is 2.33. The summed E-state index contributed by atoms with van der Waals surface area (Å²) < 4.78 is 26.1. The third-order valence-corrected chi connectivity index (χ3v) is 2.02. The Labute approximate surface area is 95.7 Å². The lowest BCUT2D eigenvalue weighted by Crippen LogP contribution is -2.08. The standard InChI is InChI=1S/C10H9F2N5/c11-7-4-8(12)10(16-9(7)13)14-5-6-2-1-3-15-17-6/h1-4H,5H2,(H3,13,14,16). The maximum Gasteiger partial charge on any atom is 0.168 e. The van der Waals surface area contributed by atoms with Crippen molar-refractivity contribution in [2.45, 2.75) is 6.54 Å².